The third-order valence-corrected chi connectivity index (χ3v) is 4.20. The van der Waals surface area contributed by atoms with E-state index in [1.54, 1.807) is 0 Å². The standard InChI is InChI=1S/C17H17N5/c1-13-11-14-7-5-6-10-16(14)21(13)12-17-18-19-20-22(17)15-8-3-2-4-9-15/h2-10,13H,11-12H2,1H3/t13-/m1/s1. The maximum atomic E-state index is 4.22. The second-order valence-electron chi connectivity index (χ2n) is 5.65. The number of hydrogen-bond donors (Lipinski definition) is 0. The number of anilines is 1. The second-order valence-corrected chi connectivity index (χ2v) is 5.65. The summed E-state index contributed by atoms with van der Waals surface area (Å²) < 4.78 is 1.81. The fraction of sp³-hybridized carbons (Fsp3) is 0.235. The van der Waals surface area contributed by atoms with E-state index in [2.05, 4.69) is 51.6 Å². The van der Waals surface area contributed by atoms with Crippen LogP contribution in [-0.2, 0) is 13.0 Å². The molecule has 1 aliphatic heterocycles. The van der Waals surface area contributed by atoms with Gasteiger partial charge in [0.25, 0.3) is 0 Å². The molecule has 0 saturated carbocycles. The number of hydrogen-bond acceptors (Lipinski definition) is 4. The summed E-state index contributed by atoms with van der Waals surface area (Å²) in [5.74, 6) is 0.856. The summed E-state index contributed by atoms with van der Waals surface area (Å²) in [7, 11) is 0. The predicted molar refractivity (Wildman–Crippen MR) is 84.9 cm³/mol. The summed E-state index contributed by atoms with van der Waals surface area (Å²) in [6.07, 6.45) is 1.07. The van der Waals surface area contributed by atoms with E-state index in [1.165, 1.54) is 11.3 Å². The Bertz CT molecular complexity index is 781. The van der Waals surface area contributed by atoms with Crippen molar-refractivity contribution in [1.82, 2.24) is 20.2 Å². The van der Waals surface area contributed by atoms with Crippen LogP contribution < -0.4 is 4.90 Å². The Balaban J connectivity index is 1.67. The number of fused-ring (bicyclic) bond motifs is 1. The van der Waals surface area contributed by atoms with Crippen molar-refractivity contribution < 1.29 is 0 Å². The molecule has 5 nitrogen and oxygen atoms in total. The molecule has 0 unspecified atom stereocenters. The molecule has 0 aliphatic carbocycles. The van der Waals surface area contributed by atoms with E-state index >= 15 is 0 Å². The Morgan fingerprint density at radius 2 is 1.82 bits per heavy atom. The zero-order valence-corrected chi connectivity index (χ0v) is 12.4. The van der Waals surface area contributed by atoms with Gasteiger partial charge in [0, 0.05) is 11.7 Å². The van der Waals surface area contributed by atoms with E-state index in [4.69, 9.17) is 0 Å². The van der Waals surface area contributed by atoms with Crippen LogP contribution in [0.15, 0.2) is 54.6 Å². The van der Waals surface area contributed by atoms with Crippen LogP contribution in [-0.4, -0.2) is 26.2 Å². The summed E-state index contributed by atoms with van der Waals surface area (Å²) in [4.78, 5) is 2.38. The first-order valence-corrected chi connectivity index (χ1v) is 7.50. The highest BCUT2D eigenvalue weighted by Gasteiger charge is 2.27. The second kappa shape index (κ2) is 5.26. The molecule has 0 spiro atoms. The van der Waals surface area contributed by atoms with E-state index < -0.39 is 0 Å². The first-order valence-electron chi connectivity index (χ1n) is 7.50. The predicted octanol–water partition coefficient (Wildman–Crippen LogP) is 2.61. The van der Waals surface area contributed by atoms with E-state index in [-0.39, 0.29) is 0 Å². The van der Waals surface area contributed by atoms with Crippen LogP contribution in [0.3, 0.4) is 0 Å². The molecule has 110 valence electrons. The summed E-state index contributed by atoms with van der Waals surface area (Å²) >= 11 is 0. The summed E-state index contributed by atoms with van der Waals surface area (Å²) in [5.41, 5.74) is 3.67. The lowest BCUT2D eigenvalue weighted by molar-refractivity contribution is 0.641. The van der Waals surface area contributed by atoms with Gasteiger partial charge in [-0.05, 0) is 47.5 Å². The van der Waals surface area contributed by atoms with Crippen LogP contribution in [0, 0.1) is 0 Å². The summed E-state index contributed by atoms with van der Waals surface area (Å²) in [5, 5.41) is 12.2. The normalized spacial score (nSPS) is 16.8. The van der Waals surface area contributed by atoms with E-state index in [1.807, 2.05) is 35.0 Å². The Hall–Kier alpha value is -2.69. The van der Waals surface area contributed by atoms with Gasteiger partial charge in [-0.3, -0.25) is 0 Å². The van der Waals surface area contributed by atoms with E-state index in [9.17, 15) is 0 Å². The Labute approximate surface area is 129 Å². The number of aromatic nitrogens is 4. The minimum absolute atomic E-state index is 0.457. The minimum atomic E-state index is 0.457. The molecule has 0 N–H and O–H groups in total. The minimum Gasteiger partial charge on any atom is -0.361 e. The van der Waals surface area contributed by atoms with Crippen molar-refractivity contribution in [3.8, 4) is 5.69 Å². The van der Waals surface area contributed by atoms with E-state index in [0.29, 0.717) is 12.6 Å². The number of tetrazole rings is 1. The lowest BCUT2D eigenvalue weighted by Gasteiger charge is -2.24. The van der Waals surface area contributed by atoms with Gasteiger partial charge in [0.2, 0.25) is 0 Å². The van der Waals surface area contributed by atoms with Crippen LogP contribution in [0.25, 0.3) is 5.69 Å². The van der Waals surface area contributed by atoms with Crippen LogP contribution in [0.5, 0.6) is 0 Å². The highest BCUT2D eigenvalue weighted by molar-refractivity contribution is 5.59. The summed E-state index contributed by atoms with van der Waals surface area (Å²) in [6.45, 7) is 2.96. The topological polar surface area (TPSA) is 46.8 Å². The fourth-order valence-electron chi connectivity index (χ4n) is 3.10. The van der Waals surface area contributed by atoms with Gasteiger partial charge in [-0.25, -0.2) is 0 Å². The smallest absolute Gasteiger partial charge is 0.175 e. The quantitative estimate of drug-likeness (QED) is 0.744. The van der Waals surface area contributed by atoms with Gasteiger partial charge in [-0.1, -0.05) is 36.4 Å². The van der Waals surface area contributed by atoms with Crippen molar-refractivity contribution in [2.24, 2.45) is 0 Å². The largest absolute Gasteiger partial charge is 0.361 e. The number of rotatable bonds is 3. The maximum absolute atomic E-state index is 4.22. The molecule has 0 saturated heterocycles. The van der Waals surface area contributed by atoms with Gasteiger partial charge in [0.1, 0.15) is 0 Å². The molecule has 5 heteroatoms. The van der Waals surface area contributed by atoms with Crippen molar-refractivity contribution in [3.63, 3.8) is 0 Å². The SMILES string of the molecule is C[C@@H]1Cc2ccccc2N1Cc1nnnn1-c1ccccc1. The molecule has 0 amide bonds. The van der Waals surface area contributed by atoms with Gasteiger partial charge < -0.3 is 4.90 Å². The lowest BCUT2D eigenvalue weighted by atomic mass is 10.1. The number of benzene rings is 2. The van der Waals surface area contributed by atoms with Crippen LogP contribution >= 0.6 is 0 Å². The van der Waals surface area contributed by atoms with Gasteiger partial charge in [-0.15, -0.1) is 5.10 Å². The molecule has 1 atom stereocenters. The third kappa shape index (κ3) is 2.15. The molecule has 0 fully saturated rings. The van der Waals surface area contributed by atoms with Crippen LogP contribution in [0.2, 0.25) is 0 Å². The molecule has 4 rings (SSSR count). The molecule has 1 aromatic heterocycles. The van der Waals surface area contributed by atoms with Crippen LogP contribution in [0.1, 0.15) is 18.3 Å². The zero-order valence-electron chi connectivity index (χ0n) is 12.4. The van der Waals surface area contributed by atoms with Crippen molar-refractivity contribution in [1.29, 1.82) is 0 Å². The highest BCUT2D eigenvalue weighted by Crippen LogP contribution is 2.32. The van der Waals surface area contributed by atoms with Crippen molar-refractivity contribution in [3.05, 3.63) is 66.0 Å². The van der Waals surface area contributed by atoms with Crippen molar-refractivity contribution >= 4 is 5.69 Å². The van der Waals surface area contributed by atoms with Crippen molar-refractivity contribution in [2.45, 2.75) is 25.9 Å². The molecular formula is C17H17N5. The number of nitrogens with zero attached hydrogens (tertiary/aromatic N) is 5. The highest BCUT2D eigenvalue weighted by atomic mass is 15.5. The zero-order chi connectivity index (χ0) is 14.9. The monoisotopic (exact) mass is 291 g/mol. The Kier molecular flexibility index (Phi) is 3.11. The maximum Gasteiger partial charge on any atom is 0.175 e. The van der Waals surface area contributed by atoms with Gasteiger partial charge in [0.05, 0.1) is 12.2 Å². The average Bonchev–Trinajstić information content (AvgIpc) is 3.14. The van der Waals surface area contributed by atoms with Crippen molar-refractivity contribution in [2.75, 3.05) is 4.90 Å². The van der Waals surface area contributed by atoms with Gasteiger partial charge in [0.15, 0.2) is 5.82 Å². The first-order chi connectivity index (χ1) is 10.8. The van der Waals surface area contributed by atoms with Gasteiger partial charge in [-0.2, -0.15) is 4.68 Å². The molecular weight excluding hydrogens is 274 g/mol. The number of para-hydroxylation sites is 2. The molecule has 2 heterocycles. The molecule has 22 heavy (non-hydrogen) atoms. The Morgan fingerprint density at radius 3 is 2.68 bits per heavy atom. The molecule has 2 aromatic carbocycles. The molecule has 3 aromatic rings. The van der Waals surface area contributed by atoms with Crippen LogP contribution in [0.4, 0.5) is 5.69 Å². The first kappa shape index (κ1) is 13.0. The van der Waals surface area contributed by atoms with Gasteiger partial charge >= 0.3 is 0 Å². The van der Waals surface area contributed by atoms with E-state index in [0.717, 1.165) is 17.9 Å². The molecule has 0 radical (unpaired) electrons. The summed E-state index contributed by atoms with van der Waals surface area (Å²) in [6, 6.07) is 19.0. The lowest BCUT2D eigenvalue weighted by Crippen LogP contribution is -2.30. The third-order valence-electron chi connectivity index (χ3n) is 4.20. The molecule has 0 bridgehead atoms. The average molecular weight is 291 g/mol. The Morgan fingerprint density at radius 1 is 1.05 bits per heavy atom. The fourth-order valence-corrected chi connectivity index (χ4v) is 3.10. The molecule has 1 aliphatic rings.